The zero-order chi connectivity index (χ0) is 15.4. The van der Waals surface area contributed by atoms with Gasteiger partial charge in [-0.2, -0.15) is 0 Å². The molecule has 1 atom stereocenters. The van der Waals surface area contributed by atoms with Gasteiger partial charge in [0.05, 0.1) is 14.2 Å². The van der Waals surface area contributed by atoms with Gasteiger partial charge in [-0.25, -0.2) is 0 Å². The molecule has 1 aromatic carbocycles. The van der Waals surface area contributed by atoms with Gasteiger partial charge in [0.15, 0.2) is 11.5 Å². The summed E-state index contributed by atoms with van der Waals surface area (Å²) in [6.07, 6.45) is 2.87. The van der Waals surface area contributed by atoms with Gasteiger partial charge in [-0.1, -0.05) is 20.3 Å². The molecule has 0 N–H and O–H groups in total. The molecule has 0 aromatic heterocycles. The molecule has 21 heavy (non-hydrogen) atoms. The molecule has 0 spiro atoms. The van der Waals surface area contributed by atoms with Crippen LogP contribution in [0.25, 0.3) is 0 Å². The molecule has 0 bridgehead atoms. The van der Waals surface area contributed by atoms with E-state index in [4.69, 9.17) is 9.47 Å². The average Bonchev–Trinajstić information content (AvgIpc) is 2.52. The Kier molecular flexibility index (Phi) is 5.10. The maximum Gasteiger partial charge on any atom is 0.225 e. The van der Waals surface area contributed by atoms with Gasteiger partial charge in [-0.3, -0.25) is 4.79 Å². The van der Waals surface area contributed by atoms with Crippen molar-refractivity contribution in [1.82, 2.24) is 4.90 Å². The Morgan fingerprint density at radius 2 is 1.86 bits per heavy atom. The highest BCUT2D eigenvalue weighted by atomic mass is 16.5. The number of hydrogen-bond donors (Lipinski definition) is 0. The van der Waals surface area contributed by atoms with Crippen molar-refractivity contribution in [3.05, 3.63) is 23.3 Å². The predicted molar refractivity (Wildman–Crippen MR) is 82.7 cm³/mol. The van der Waals surface area contributed by atoms with Crippen LogP contribution in [-0.2, 0) is 17.8 Å². The Balaban J connectivity index is 2.18. The van der Waals surface area contributed by atoms with Gasteiger partial charge < -0.3 is 14.4 Å². The van der Waals surface area contributed by atoms with E-state index in [0.29, 0.717) is 6.54 Å². The first-order valence-corrected chi connectivity index (χ1v) is 7.63. The molecule has 4 heteroatoms. The lowest BCUT2D eigenvalue weighted by Crippen LogP contribution is -2.39. The molecule has 0 saturated heterocycles. The summed E-state index contributed by atoms with van der Waals surface area (Å²) in [6.45, 7) is 5.60. The molecule has 0 fully saturated rings. The number of hydrogen-bond acceptors (Lipinski definition) is 3. The quantitative estimate of drug-likeness (QED) is 0.837. The first-order chi connectivity index (χ1) is 10.1. The van der Waals surface area contributed by atoms with E-state index in [2.05, 4.69) is 6.92 Å². The minimum Gasteiger partial charge on any atom is -0.493 e. The van der Waals surface area contributed by atoms with Crippen LogP contribution in [0.2, 0.25) is 0 Å². The van der Waals surface area contributed by atoms with E-state index in [1.54, 1.807) is 14.2 Å². The predicted octanol–water partition coefficient (Wildman–Crippen LogP) is 3.02. The lowest BCUT2D eigenvalue weighted by molar-refractivity contribution is -0.136. The number of carbonyl (C=O) groups is 1. The smallest absolute Gasteiger partial charge is 0.225 e. The van der Waals surface area contributed by atoms with Crippen LogP contribution < -0.4 is 9.47 Å². The Labute approximate surface area is 127 Å². The molecule has 1 aliphatic heterocycles. The summed E-state index contributed by atoms with van der Waals surface area (Å²) in [4.78, 5) is 14.4. The minimum absolute atomic E-state index is 0.108. The Bertz CT molecular complexity index is 513. The Morgan fingerprint density at radius 1 is 1.24 bits per heavy atom. The number of benzene rings is 1. The van der Waals surface area contributed by atoms with Crippen LogP contribution in [0.3, 0.4) is 0 Å². The van der Waals surface area contributed by atoms with E-state index in [1.165, 1.54) is 5.56 Å². The number of fused-ring (bicyclic) bond motifs is 1. The fourth-order valence-electron chi connectivity index (χ4n) is 2.94. The molecule has 1 unspecified atom stereocenters. The molecular weight excluding hydrogens is 266 g/mol. The fraction of sp³-hybridized carbons (Fsp3) is 0.588. The Morgan fingerprint density at radius 3 is 2.43 bits per heavy atom. The topological polar surface area (TPSA) is 38.8 Å². The van der Waals surface area contributed by atoms with Gasteiger partial charge in [-0.05, 0) is 36.1 Å². The second-order valence-electron chi connectivity index (χ2n) is 5.68. The van der Waals surface area contributed by atoms with Crippen molar-refractivity contribution in [1.29, 1.82) is 0 Å². The SMILES string of the molecule is CCCC(C)C(=O)N1CCc2cc(OC)c(OC)cc2C1. The van der Waals surface area contributed by atoms with Gasteiger partial charge >= 0.3 is 0 Å². The van der Waals surface area contributed by atoms with Crippen molar-refractivity contribution < 1.29 is 14.3 Å². The third-order valence-corrected chi connectivity index (χ3v) is 4.17. The van der Waals surface area contributed by atoms with Crippen molar-refractivity contribution in [2.45, 2.75) is 39.7 Å². The third kappa shape index (κ3) is 3.31. The summed E-state index contributed by atoms with van der Waals surface area (Å²) in [5.74, 6) is 1.86. The van der Waals surface area contributed by atoms with E-state index in [-0.39, 0.29) is 11.8 Å². The highest BCUT2D eigenvalue weighted by Crippen LogP contribution is 2.33. The number of rotatable bonds is 5. The Hall–Kier alpha value is -1.71. The molecule has 4 nitrogen and oxygen atoms in total. The largest absolute Gasteiger partial charge is 0.493 e. The molecule has 0 radical (unpaired) electrons. The monoisotopic (exact) mass is 291 g/mol. The molecule has 0 aliphatic carbocycles. The number of ether oxygens (including phenoxy) is 2. The molecular formula is C17H25NO3. The molecule has 1 aliphatic rings. The van der Waals surface area contributed by atoms with Crippen LogP contribution in [0.4, 0.5) is 0 Å². The first-order valence-electron chi connectivity index (χ1n) is 7.63. The van der Waals surface area contributed by atoms with E-state index in [0.717, 1.165) is 42.9 Å². The first kappa shape index (κ1) is 15.7. The van der Waals surface area contributed by atoms with Crippen LogP contribution in [0, 0.1) is 5.92 Å². The maximum atomic E-state index is 12.4. The number of carbonyl (C=O) groups excluding carboxylic acids is 1. The van der Waals surface area contributed by atoms with Crippen LogP contribution in [0.1, 0.15) is 37.8 Å². The maximum absolute atomic E-state index is 12.4. The van der Waals surface area contributed by atoms with Crippen molar-refractivity contribution in [2.75, 3.05) is 20.8 Å². The molecule has 0 saturated carbocycles. The highest BCUT2D eigenvalue weighted by molar-refractivity contribution is 5.78. The second-order valence-corrected chi connectivity index (χ2v) is 5.68. The lowest BCUT2D eigenvalue weighted by atomic mass is 9.96. The van der Waals surface area contributed by atoms with Crippen LogP contribution in [0.5, 0.6) is 11.5 Å². The average molecular weight is 291 g/mol. The zero-order valence-corrected chi connectivity index (χ0v) is 13.4. The summed E-state index contributed by atoms with van der Waals surface area (Å²) in [7, 11) is 3.29. The molecule has 1 aromatic rings. The van der Waals surface area contributed by atoms with Crippen LogP contribution in [-0.4, -0.2) is 31.6 Å². The molecule has 2 rings (SSSR count). The fourth-order valence-corrected chi connectivity index (χ4v) is 2.94. The minimum atomic E-state index is 0.108. The van der Waals surface area contributed by atoms with Crippen molar-refractivity contribution >= 4 is 5.91 Å². The number of amides is 1. The van der Waals surface area contributed by atoms with Crippen molar-refractivity contribution in [3.8, 4) is 11.5 Å². The van der Waals surface area contributed by atoms with Crippen LogP contribution in [0.15, 0.2) is 12.1 Å². The zero-order valence-electron chi connectivity index (χ0n) is 13.4. The van der Waals surface area contributed by atoms with Crippen LogP contribution >= 0.6 is 0 Å². The summed E-state index contributed by atoms with van der Waals surface area (Å²) in [5, 5.41) is 0. The van der Waals surface area contributed by atoms with Gasteiger partial charge in [0, 0.05) is 19.0 Å². The normalized spacial score (nSPS) is 15.3. The van der Waals surface area contributed by atoms with Crippen molar-refractivity contribution in [2.24, 2.45) is 5.92 Å². The molecule has 116 valence electrons. The van der Waals surface area contributed by atoms with Gasteiger partial charge in [0.1, 0.15) is 0 Å². The highest BCUT2D eigenvalue weighted by Gasteiger charge is 2.25. The van der Waals surface area contributed by atoms with E-state index < -0.39 is 0 Å². The van der Waals surface area contributed by atoms with Gasteiger partial charge in [0.25, 0.3) is 0 Å². The third-order valence-electron chi connectivity index (χ3n) is 4.17. The van der Waals surface area contributed by atoms with Crippen molar-refractivity contribution in [3.63, 3.8) is 0 Å². The molecule has 1 amide bonds. The van der Waals surface area contributed by atoms with E-state index in [1.807, 2.05) is 24.0 Å². The lowest BCUT2D eigenvalue weighted by Gasteiger charge is -2.31. The second kappa shape index (κ2) is 6.83. The summed E-state index contributed by atoms with van der Waals surface area (Å²) >= 11 is 0. The summed E-state index contributed by atoms with van der Waals surface area (Å²) < 4.78 is 10.7. The summed E-state index contributed by atoms with van der Waals surface area (Å²) in [6, 6.07) is 4.03. The van der Waals surface area contributed by atoms with E-state index >= 15 is 0 Å². The standard InChI is InChI=1S/C17H25NO3/c1-5-6-12(2)17(19)18-8-7-13-9-15(20-3)16(21-4)10-14(13)11-18/h9-10,12H,5-8,11H2,1-4H3. The van der Waals surface area contributed by atoms with Gasteiger partial charge in [0.2, 0.25) is 5.91 Å². The summed E-state index contributed by atoms with van der Waals surface area (Å²) in [5.41, 5.74) is 2.41. The number of methoxy groups -OCH3 is 2. The van der Waals surface area contributed by atoms with Gasteiger partial charge in [-0.15, -0.1) is 0 Å². The van der Waals surface area contributed by atoms with E-state index in [9.17, 15) is 4.79 Å². The molecule has 1 heterocycles. The number of nitrogens with zero attached hydrogens (tertiary/aromatic N) is 1.